The van der Waals surface area contributed by atoms with Gasteiger partial charge in [0, 0.05) is 23.2 Å². The summed E-state index contributed by atoms with van der Waals surface area (Å²) in [5.41, 5.74) is 0. The second-order valence-corrected chi connectivity index (χ2v) is 5.98. The average molecular weight is 265 g/mol. The molecule has 0 atom stereocenters. The van der Waals surface area contributed by atoms with Crippen molar-refractivity contribution in [3.05, 3.63) is 24.3 Å². The molecule has 0 aromatic heterocycles. The number of ether oxygens (including phenoxy) is 1. The molecule has 2 nitrogen and oxygen atoms in total. The summed E-state index contributed by atoms with van der Waals surface area (Å²) >= 11 is 1.91. The van der Waals surface area contributed by atoms with Crippen molar-refractivity contribution in [2.24, 2.45) is 0 Å². The van der Waals surface area contributed by atoms with Gasteiger partial charge >= 0.3 is 0 Å². The maximum Gasteiger partial charge on any atom is 0.118 e. The first-order valence-corrected chi connectivity index (χ1v) is 7.87. The SMILES string of the molecule is COc1ccc(SCCNC2CCCCC2)cc1. The zero-order chi connectivity index (χ0) is 12.6. The Labute approximate surface area is 114 Å². The molecule has 0 unspecified atom stereocenters. The van der Waals surface area contributed by atoms with E-state index in [1.165, 1.54) is 37.0 Å². The van der Waals surface area contributed by atoms with Crippen molar-refractivity contribution in [1.29, 1.82) is 0 Å². The van der Waals surface area contributed by atoms with Crippen LogP contribution < -0.4 is 10.1 Å². The summed E-state index contributed by atoms with van der Waals surface area (Å²) < 4.78 is 5.15. The Morgan fingerprint density at radius 1 is 1.17 bits per heavy atom. The van der Waals surface area contributed by atoms with Crippen LogP contribution in [0.15, 0.2) is 29.2 Å². The first-order valence-electron chi connectivity index (χ1n) is 6.89. The van der Waals surface area contributed by atoms with E-state index in [4.69, 9.17) is 4.74 Å². The molecule has 18 heavy (non-hydrogen) atoms. The van der Waals surface area contributed by atoms with Gasteiger partial charge in [-0.05, 0) is 37.1 Å². The first kappa shape index (κ1) is 13.8. The molecule has 1 aromatic rings. The van der Waals surface area contributed by atoms with E-state index >= 15 is 0 Å². The lowest BCUT2D eigenvalue weighted by Crippen LogP contribution is -2.32. The fourth-order valence-electron chi connectivity index (χ4n) is 2.41. The quantitative estimate of drug-likeness (QED) is 0.626. The smallest absolute Gasteiger partial charge is 0.118 e. The lowest BCUT2D eigenvalue weighted by atomic mass is 9.96. The largest absolute Gasteiger partial charge is 0.497 e. The van der Waals surface area contributed by atoms with Crippen molar-refractivity contribution in [2.45, 2.75) is 43.0 Å². The third-order valence-electron chi connectivity index (χ3n) is 3.47. The molecule has 0 aliphatic heterocycles. The van der Waals surface area contributed by atoms with Gasteiger partial charge in [-0.2, -0.15) is 0 Å². The maximum absolute atomic E-state index is 5.15. The second kappa shape index (κ2) is 7.70. The highest BCUT2D eigenvalue weighted by Crippen LogP contribution is 2.21. The van der Waals surface area contributed by atoms with Crippen LogP contribution >= 0.6 is 11.8 Å². The molecule has 0 amide bonds. The van der Waals surface area contributed by atoms with Crippen molar-refractivity contribution < 1.29 is 4.74 Å². The molecular formula is C15H23NOS. The number of hydrogen-bond donors (Lipinski definition) is 1. The summed E-state index contributed by atoms with van der Waals surface area (Å²) in [6.07, 6.45) is 6.98. The minimum Gasteiger partial charge on any atom is -0.497 e. The minimum atomic E-state index is 0.773. The molecule has 0 heterocycles. The fraction of sp³-hybridized carbons (Fsp3) is 0.600. The van der Waals surface area contributed by atoms with Gasteiger partial charge in [-0.25, -0.2) is 0 Å². The molecule has 100 valence electrons. The van der Waals surface area contributed by atoms with E-state index in [0.29, 0.717) is 0 Å². The monoisotopic (exact) mass is 265 g/mol. The number of benzene rings is 1. The Morgan fingerprint density at radius 3 is 2.56 bits per heavy atom. The van der Waals surface area contributed by atoms with Gasteiger partial charge < -0.3 is 10.1 Å². The van der Waals surface area contributed by atoms with Gasteiger partial charge in [0.05, 0.1) is 7.11 Å². The highest BCUT2D eigenvalue weighted by molar-refractivity contribution is 7.99. The second-order valence-electron chi connectivity index (χ2n) is 4.81. The van der Waals surface area contributed by atoms with Crippen LogP contribution in [-0.4, -0.2) is 25.4 Å². The molecule has 0 saturated heterocycles. The Hall–Kier alpha value is -0.670. The molecule has 0 spiro atoms. The third-order valence-corrected chi connectivity index (χ3v) is 4.48. The number of methoxy groups -OCH3 is 1. The molecule has 1 aliphatic rings. The summed E-state index contributed by atoms with van der Waals surface area (Å²) in [4.78, 5) is 1.32. The molecule has 1 saturated carbocycles. The Kier molecular flexibility index (Phi) is 5.88. The summed E-state index contributed by atoms with van der Waals surface area (Å²) in [5.74, 6) is 2.07. The molecule has 2 rings (SSSR count). The molecule has 0 bridgehead atoms. The van der Waals surface area contributed by atoms with Gasteiger partial charge in [0.25, 0.3) is 0 Å². The molecule has 1 N–H and O–H groups in total. The van der Waals surface area contributed by atoms with Gasteiger partial charge in [0.1, 0.15) is 5.75 Å². The van der Waals surface area contributed by atoms with E-state index in [-0.39, 0.29) is 0 Å². The van der Waals surface area contributed by atoms with E-state index in [9.17, 15) is 0 Å². The van der Waals surface area contributed by atoms with Crippen molar-refractivity contribution >= 4 is 11.8 Å². The van der Waals surface area contributed by atoms with Crippen LogP contribution in [0, 0.1) is 0 Å². The van der Waals surface area contributed by atoms with Gasteiger partial charge in [-0.3, -0.25) is 0 Å². The molecule has 1 aliphatic carbocycles. The fourth-order valence-corrected chi connectivity index (χ4v) is 3.19. The molecule has 0 radical (unpaired) electrons. The molecule has 1 fully saturated rings. The normalized spacial score (nSPS) is 16.7. The Balaban J connectivity index is 1.62. The highest BCUT2D eigenvalue weighted by atomic mass is 32.2. The van der Waals surface area contributed by atoms with Crippen molar-refractivity contribution in [1.82, 2.24) is 5.32 Å². The van der Waals surface area contributed by atoms with Crippen LogP contribution in [0.1, 0.15) is 32.1 Å². The molecular weight excluding hydrogens is 242 g/mol. The number of hydrogen-bond acceptors (Lipinski definition) is 3. The lowest BCUT2D eigenvalue weighted by Gasteiger charge is -2.22. The van der Waals surface area contributed by atoms with Gasteiger partial charge in [-0.15, -0.1) is 11.8 Å². The van der Waals surface area contributed by atoms with E-state index in [1.807, 2.05) is 23.9 Å². The standard InChI is InChI=1S/C15H23NOS/c1-17-14-7-9-15(10-8-14)18-12-11-16-13-5-3-2-4-6-13/h7-10,13,16H,2-6,11-12H2,1H3. The van der Waals surface area contributed by atoms with Crippen LogP contribution in [-0.2, 0) is 0 Å². The van der Waals surface area contributed by atoms with Gasteiger partial charge in [-0.1, -0.05) is 19.3 Å². The lowest BCUT2D eigenvalue weighted by molar-refractivity contribution is 0.381. The van der Waals surface area contributed by atoms with Crippen LogP contribution in [0.4, 0.5) is 0 Å². The maximum atomic E-state index is 5.15. The summed E-state index contributed by atoms with van der Waals surface area (Å²) in [5, 5.41) is 3.67. The van der Waals surface area contributed by atoms with Crippen molar-refractivity contribution in [2.75, 3.05) is 19.4 Å². The van der Waals surface area contributed by atoms with E-state index in [0.717, 1.165) is 24.1 Å². The minimum absolute atomic E-state index is 0.773. The van der Waals surface area contributed by atoms with Crippen LogP contribution in [0.2, 0.25) is 0 Å². The van der Waals surface area contributed by atoms with E-state index in [1.54, 1.807) is 7.11 Å². The summed E-state index contributed by atoms with van der Waals surface area (Å²) in [6, 6.07) is 9.08. The summed E-state index contributed by atoms with van der Waals surface area (Å²) in [6.45, 7) is 1.11. The van der Waals surface area contributed by atoms with Crippen LogP contribution in [0.3, 0.4) is 0 Å². The molecule has 1 aromatic carbocycles. The van der Waals surface area contributed by atoms with Crippen molar-refractivity contribution in [3.8, 4) is 5.75 Å². The third kappa shape index (κ3) is 4.54. The number of nitrogens with one attached hydrogen (secondary N) is 1. The number of thioether (sulfide) groups is 1. The number of rotatable bonds is 6. The van der Waals surface area contributed by atoms with Gasteiger partial charge in [0.2, 0.25) is 0 Å². The van der Waals surface area contributed by atoms with Crippen LogP contribution in [0.25, 0.3) is 0 Å². The topological polar surface area (TPSA) is 21.3 Å². The Morgan fingerprint density at radius 2 is 1.89 bits per heavy atom. The predicted molar refractivity (Wildman–Crippen MR) is 78.6 cm³/mol. The zero-order valence-electron chi connectivity index (χ0n) is 11.2. The van der Waals surface area contributed by atoms with E-state index < -0.39 is 0 Å². The Bertz CT molecular complexity index is 333. The van der Waals surface area contributed by atoms with E-state index in [2.05, 4.69) is 17.4 Å². The average Bonchev–Trinajstić information content (AvgIpc) is 2.45. The summed E-state index contributed by atoms with van der Waals surface area (Å²) in [7, 11) is 1.70. The van der Waals surface area contributed by atoms with Crippen molar-refractivity contribution in [3.63, 3.8) is 0 Å². The predicted octanol–water partition coefficient (Wildman–Crippen LogP) is 3.71. The highest BCUT2D eigenvalue weighted by Gasteiger charge is 2.11. The van der Waals surface area contributed by atoms with Crippen LogP contribution in [0.5, 0.6) is 5.75 Å². The van der Waals surface area contributed by atoms with Gasteiger partial charge in [0.15, 0.2) is 0 Å². The first-order chi connectivity index (χ1) is 8.88. The molecule has 3 heteroatoms. The zero-order valence-corrected chi connectivity index (χ0v) is 12.0.